The Kier molecular flexibility index (Phi) is 6.63. The zero-order chi connectivity index (χ0) is 26.1. The third kappa shape index (κ3) is 5.42. The fourth-order valence-corrected chi connectivity index (χ4v) is 3.46. The maximum Gasteiger partial charge on any atom is 0.260 e. The van der Waals surface area contributed by atoms with Crippen molar-refractivity contribution in [3.8, 4) is 17.3 Å². The minimum atomic E-state index is -3.83. The van der Waals surface area contributed by atoms with Gasteiger partial charge in [-0.15, -0.1) is 0 Å². The first-order chi connectivity index (χ1) is 16.2. The van der Waals surface area contributed by atoms with Gasteiger partial charge < -0.3 is 10.3 Å². The van der Waals surface area contributed by atoms with Crippen LogP contribution in [0.4, 0.5) is 20.5 Å². The Morgan fingerprint density at radius 3 is 2.53 bits per heavy atom. The van der Waals surface area contributed by atoms with Crippen LogP contribution >= 0.6 is 0 Å². The number of halogens is 2. The number of nitrogens with zero attached hydrogens (tertiary/aromatic N) is 4. The van der Waals surface area contributed by atoms with Crippen molar-refractivity contribution in [2.75, 3.05) is 11.1 Å². The lowest BCUT2D eigenvalue weighted by Crippen LogP contribution is -2.18. The van der Waals surface area contributed by atoms with Gasteiger partial charge >= 0.3 is 0 Å². The summed E-state index contributed by atoms with van der Waals surface area (Å²) in [6, 6.07) is 8.56. The molecule has 2 heterocycles. The second-order valence-corrected chi connectivity index (χ2v) is 9.38. The molecule has 0 fully saturated rings. The number of hydrogen-bond donors (Lipinski definition) is 2. The molecule has 3 rings (SSSR count). The van der Waals surface area contributed by atoms with Crippen LogP contribution in [0.5, 0.6) is 0 Å². The molecule has 0 aliphatic carbocycles. The van der Waals surface area contributed by atoms with Gasteiger partial charge in [0.25, 0.3) is 6.40 Å². The van der Waals surface area contributed by atoms with Gasteiger partial charge in [-0.3, -0.25) is 10.1 Å². The highest BCUT2D eigenvalue weighted by molar-refractivity contribution is 5.94. The molecule has 8 nitrogen and oxygen atoms in total. The maximum atomic E-state index is 13.5. The van der Waals surface area contributed by atoms with E-state index < -0.39 is 18.4 Å². The largest absolute Gasteiger partial charge is 0.383 e. The van der Waals surface area contributed by atoms with Crippen molar-refractivity contribution in [2.45, 2.75) is 59.4 Å². The number of carbonyl (C=O) groups excluding carboxylic acids is 1. The number of anilines is 2. The second-order valence-electron chi connectivity index (χ2n) is 9.38. The molecule has 0 spiro atoms. The summed E-state index contributed by atoms with van der Waals surface area (Å²) in [5.74, 6) is -0.816. The Hall–Kier alpha value is -3.74. The molecule has 1 aromatic carbocycles. The van der Waals surface area contributed by atoms with Gasteiger partial charge in [-0.05, 0) is 31.2 Å². The molecule has 3 N–H and O–H groups in total. The van der Waals surface area contributed by atoms with Crippen LogP contribution in [0.1, 0.15) is 64.8 Å². The van der Waals surface area contributed by atoms with Crippen molar-refractivity contribution in [1.29, 1.82) is 5.26 Å². The summed E-state index contributed by atoms with van der Waals surface area (Å²) in [6.07, 6.45) is -3.12. The number of alkyl halides is 2. The standard InChI is InChI=1S/C24H28F2N6O2/c1-13(23(33)29-19-10-17(31-34-19)11-24(3,4)5)15-6-8-16(9-7-15)20-18(12-27)22(28)32(30-20)14(2)21(25)26/h6-10,13-14,21H,11,28H2,1-5H3,(H,29,33)/i21D. The summed E-state index contributed by atoms with van der Waals surface area (Å²) in [5, 5.41) is 20.3. The van der Waals surface area contributed by atoms with Crippen LogP contribution in [-0.2, 0) is 11.2 Å². The van der Waals surface area contributed by atoms with Crippen LogP contribution in [0, 0.1) is 16.7 Å². The van der Waals surface area contributed by atoms with Gasteiger partial charge in [-0.2, -0.15) is 10.4 Å². The molecule has 180 valence electrons. The molecule has 34 heavy (non-hydrogen) atoms. The van der Waals surface area contributed by atoms with E-state index in [9.17, 15) is 18.8 Å². The average Bonchev–Trinajstić information content (AvgIpc) is 3.33. The van der Waals surface area contributed by atoms with Crippen molar-refractivity contribution >= 4 is 17.6 Å². The number of nitrogens with one attached hydrogen (secondary N) is 1. The van der Waals surface area contributed by atoms with Gasteiger partial charge in [0, 0.05) is 11.6 Å². The Morgan fingerprint density at radius 2 is 1.97 bits per heavy atom. The lowest BCUT2D eigenvalue weighted by Gasteiger charge is -2.15. The van der Waals surface area contributed by atoms with Crippen molar-refractivity contribution in [3.63, 3.8) is 0 Å². The normalized spacial score (nSPS) is 14.2. The summed E-state index contributed by atoms with van der Waals surface area (Å²) in [5.41, 5.74) is 7.85. The molecule has 3 aromatic rings. The van der Waals surface area contributed by atoms with Crippen LogP contribution in [0.25, 0.3) is 11.3 Å². The van der Waals surface area contributed by atoms with E-state index in [1.165, 1.54) is 0 Å². The van der Waals surface area contributed by atoms with Gasteiger partial charge in [-0.25, -0.2) is 13.5 Å². The number of amides is 1. The van der Waals surface area contributed by atoms with Crippen LogP contribution < -0.4 is 11.1 Å². The Bertz CT molecular complexity index is 1250. The first kappa shape index (κ1) is 23.4. The van der Waals surface area contributed by atoms with Gasteiger partial charge in [0.05, 0.1) is 11.6 Å². The Labute approximate surface area is 198 Å². The maximum absolute atomic E-state index is 13.5. The highest BCUT2D eigenvalue weighted by atomic mass is 19.3. The minimum absolute atomic E-state index is 0.0270. The number of benzene rings is 1. The Morgan fingerprint density at radius 1 is 1.32 bits per heavy atom. The second kappa shape index (κ2) is 9.63. The van der Waals surface area contributed by atoms with Gasteiger partial charge in [0.2, 0.25) is 11.8 Å². The smallest absolute Gasteiger partial charge is 0.260 e. The molecule has 2 atom stereocenters. The molecular formula is C24H28F2N6O2. The summed E-state index contributed by atoms with van der Waals surface area (Å²) in [7, 11) is 0. The van der Waals surface area contributed by atoms with E-state index in [1.807, 2.05) is 6.07 Å². The molecular weight excluding hydrogens is 442 g/mol. The number of nitrogens with two attached hydrogens (primary N) is 1. The molecule has 2 unspecified atom stereocenters. The minimum Gasteiger partial charge on any atom is -0.383 e. The quantitative estimate of drug-likeness (QED) is 0.491. The lowest BCUT2D eigenvalue weighted by molar-refractivity contribution is -0.117. The molecule has 10 heteroatoms. The summed E-state index contributed by atoms with van der Waals surface area (Å²) >= 11 is 0. The van der Waals surface area contributed by atoms with Gasteiger partial charge in [0.1, 0.15) is 30.6 Å². The number of rotatable bonds is 7. The van der Waals surface area contributed by atoms with Crippen molar-refractivity contribution in [3.05, 3.63) is 47.2 Å². The van der Waals surface area contributed by atoms with E-state index in [1.54, 1.807) is 37.3 Å². The average molecular weight is 472 g/mol. The third-order valence-electron chi connectivity index (χ3n) is 5.34. The predicted molar refractivity (Wildman–Crippen MR) is 124 cm³/mol. The van der Waals surface area contributed by atoms with Crippen LogP contribution in [0.3, 0.4) is 0 Å². The molecule has 0 saturated heterocycles. The summed E-state index contributed by atoms with van der Waals surface area (Å²) in [4.78, 5) is 12.7. The fourth-order valence-electron chi connectivity index (χ4n) is 3.46. The number of nitriles is 1. The zero-order valence-corrected chi connectivity index (χ0v) is 19.7. The topological polar surface area (TPSA) is 123 Å². The molecule has 0 radical (unpaired) electrons. The molecule has 0 aliphatic rings. The SMILES string of the molecule is [2H]C(F)(F)C(C)n1nc(-c2ccc(C(C)C(=O)Nc3cc(CC(C)(C)C)no3)cc2)c(C#N)c1N. The van der Waals surface area contributed by atoms with E-state index in [2.05, 4.69) is 36.3 Å². The van der Waals surface area contributed by atoms with Gasteiger partial charge in [-0.1, -0.05) is 50.2 Å². The molecule has 2 aromatic heterocycles. The van der Waals surface area contributed by atoms with E-state index in [0.29, 0.717) is 17.5 Å². The number of aromatic nitrogens is 3. The number of carbonyl (C=O) groups is 1. The highest BCUT2D eigenvalue weighted by Gasteiger charge is 2.25. The number of hydrogen-bond acceptors (Lipinski definition) is 6. The van der Waals surface area contributed by atoms with Crippen molar-refractivity contribution < 1.29 is 19.5 Å². The Balaban J connectivity index is 1.78. The molecule has 1 amide bonds. The monoisotopic (exact) mass is 471 g/mol. The third-order valence-corrected chi connectivity index (χ3v) is 5.34. The fraction of sp³-hybridized carbons (Fsp3) is 0.417. The van der Waals surface area contributed by atoms with E-state index in [-0.39, 0.29) is 34.3 Å². The predicted octanol–water partition coefficient (Wildman–Crippen LogP) is 5.15. The van der Waals surface area contributed by atoms with Crippen molar-refractivity contribution in [1.82, 2.24) is 14.9 Å². The van der Waals surface area contributed by atoms with Gasteiger partial charge in [0.15, 0.2) is 0 Å². The van der Waals surface area contributed by atoms with Crippen molar-refractivity contribution in [2.24, 2.45) is 5.41 Å². The van der Waals surface area contributed by atoms with Crippen LogP contribution in [0.2, 0.25) is 0 Å². The zero-order valence-electron chi connectivity index (χ0n) is 20.7. The first-order valence-electron chi connectivity index (χ1n) is 11.2. The molecule has 0 bridgehead atoms. The summed E-state index contributed by atoms with van der Waals surface area (Å²) < 4.78 is 40.0. The van der Waals surface area contributed by atoms with Crippen LogP contribution in [0.15, 0.2) is 34.9 Å². The highest BCUT2D eigenvalue weighted by Crippen LogP contribution is 2.31. The van der Waals surface area contributed by atoms with E-state index in [0.717, 1.165) is 17.3 Å². The number of nitrogen functional groups attached to an aromatic ring is 1. The lowest BCUT2D eigenvalue weighted by atomic mass is 9.91. The molecule has 0 saturated carbocycles. The van der Waals surface area contributed by atoms with E-state index >= 15 is 0 Å². The molecule has 0 aliphatic heterocycles. The van der Waals surface area contributed by atoms with Crippen LogP contribution in [-0.4, -0.2) is 27.2 Å². The first-order valence-corrected chi connectivity index (χ1v) is 10.7. The summed E-state index contributed by atoms with van der Waals surface area (Å²) in [6.45, 7) is 9.06. The van der Waals surface area contributed by atoms with E-state index in [4.69, 9.17) is 11.6 Å².